The standard InChI is InChI=1S/C13H27NO2.2C12H25NO2.C10H21NO2/c1-4-11(7-5-6-10(2)3)8-12(9-14)13(15)16;1-4-10(6-5-9(2)3)7-11(8-13)12(14)15;1-3-5-6-7-10(4-2)8-11(9-13)12(14)15;1-4-5-10(2,3)6-8(7-11)9(12)13/h10-12H,4-9,14H2,1-3H3,(H,15,16);9-11H,4-8,13H2,1-3H3,(H,14,15);10-11H,3-9,13H2,1-2H3,(H,14,15);8H,4-7,11H2,1-3H3,(H,12,13). The lowest BCUT2D eigenvalue weighted by molar-refractivity contribution is -0.143. The van der Waals surface area contributed by atoms with Crippen molar-refractivity contribution in [2.75, 3.05) is 26.2 Å². The van der Waals surface area contributed by atoms with Gasteiger partial charge >= 0.3 is 23.9 Å². The van der Waals surface area contributed by atoms with E-state index in [9.17, 15) is 19.2 Å². The van der Waals surface area contributed by atoms with Crippen LogP contribution in [0.5, 0.6) is 0 Å². The summed E-state index contributed by atoms with van der Waals surface area (Å²) in [6.07, 6.45) is 18.9. The second-order valence-corrected chi connectivity index (χ2v) is 18.5. The van der Waals surface area contributed by atoms with E-state index in [1.165, 1.54) is 38.5 Å². The van der Waals surface area contributed by atoms with Crippen LogP contribution in [0, 0.1) is 58.7 Å². The summed E-state index contributed by atoms with van der Waals surface area (Å²) >= 11 is 0. The topological polar surface area (TPSA) is 253 Å². The summed E-state index contributed by atoms with van der Waals surface area (Å²) in [5, 5.41) is 35.6. The highest BCUT2D eigenvalue weighted by atomic mass is 16.4. The van der Waals surface area contributed by atoms with Crippen LogP contribution in [-0.2, 0) is 19.2 Å². The molecule has 12 nitrogen and oxygen atoms in total. The Morgan fingerprint density at radius 3 is 1.07 bits per heavy atom. The third-order valence-electron chi connectivity index (χ3n) is 11.6. The van der Waals surface area contributed by atoms with Crippen LogP contribution < -0.4 is 22.9 Å². The Bertz CT molecular complexity index is 1030. The lowest BCUT2D eigenvalue weighted by atomic mass is 9.79. The van der Waals surface area contributed by atoms with Crippen molar-refractivity contribution >= 4 is 23.9 Å². The molecule has 0 radical (unpaired) electrons. The summed E-state index contributed by atoms with van der Waals surface area (Å²) in [7, 11) is 0. The molecule has 59 heavy (non-hydrogen) atoms. The lowest BCUT2D eigenvalue weighted by Gasteiger charge is -2.26. The minimum atomic E-state index is -0.772. The number of unbranched alkanes of at least 4 members (excludes halogenated alkanes) is 2. The number of hydrogen-bond acceptors (Lipinski definition) is 8. The van der Waals surface area contributed by atoms with Crippen molar-refractivity contribution in [3.63, 3.8) is 0 Å². The molecule has 0 aromatic heterocycles. The number of carboxylic acid groups (broad SMARTS) is 4. The van der Waals surface area contributed by atoms with Gasteiger partial charge in [-0.3, -0.25) is 19.2 Å². The molecule has 0 spiro atoms. The average molecular weight is 847 g/mol. The van der Waals surface area contributed by atoms with E-state index in [1.54, 1.807) is 0 Å². The van der Waals surface area contributed by atoms with E-state index in [0.29, 0.717) is 30.1 Å². The lowest BCUT2D eigenvalue weighted by Crippen LogP contribution is -2.29. The van der Waals surface area contributed by atoms with E-state index in [-0.39, 0.29) is 55.3 Å². The predicted molar refractivity (Wildman–Crippen MR) is 246 cm³/mol. The number of hydrogen-bond donors (Lipinski definition) is 8. The second kappa shape index (κ2) is 39.8. The Kier molecular flexibility index (Phi) is 42.8. The highest BCUT2D eigenvalue weighted by Crippen LogP contribution is 2.30. The van der Waals surface area contributed by atoms with Gasteiger partial charge in [0, 0.05) is 26.2 Å². The average Bonchev–Trinajstić information content (AvgIpc) is 3.16. The zero-order valence-corrected chi connectivity index (χ0v) is 40.0. The molecule has 0 fully saturated rings. The first-order chi connectivity index (χ1) is 27.6. The molecule has 0 aliphatic carbocycles. The van der Waals surface area contributed by atoms with Crippen molar-refractivity contribution in [3.8, 4) is 0 Å². The molecule has 0 bridgehead atoms. The van der Waals surface area contributed by atoms with Crippen molar-refractivity contribution in [1.82, 2.24) is 0 Å². The van der Waals surface area contributed by atoms with Crippen LogP contribution in [0.4, 0.5) is 0 Å². The minimum absolute atomic E-state index is 0.0944. The number of nitrogens with two attached hydrogens (primary N) is 4. The monoisotopic (exact) mass is 847 g/mol. The highest BCUT2D eigenvalue weighted by molar-refractivity contribution is 5.71. The van der Waals surface area contributed by atoms with E-state index in [0.717, 1.165) is 76.5 Å². The number of aliphatic carboxylic acids is 4. The molecule has 12 N–H and O–H groups in total. The maximum atomic E-state index is 10.9. The van der Waals surface area contributed by atoms with Crippen LogP contribution >= 0.6 is 0 Å². The fourth-order valence-electron chi connectivity index (χ4n) is 7.35. The smallest absolute Gasteiger partial charge is 0.307 e. The number of carboxylic acids is 4. The number of rotatable bonds is 32. The summed E-state index contributed by atoms with van der Waals surface area (Å²) in [4.78, 5) is 43.3. The van der Waals surface area contributed by atoms with Crippen molar-refractivity contribution < 1.29 is 39.6 Å². The predicted octanol–water partition coefficient (Wildman–Crippen LogP) is 9.89. The van der Waals surface area contributed by atoms with Gasteiger partial charge in [-0.2, -0.15) is 0 Å². The highest BCUT2D eigenvalue weighted by Gasteiger charge is 2.26. The van der Waals surface area contributed by atoms with Crippen LogP contribution in [0.15, 0.2) is 0 Å². The maximum absolute atomic E-state index is 10.9. The Morgan fingerprint density at radius 1 is 0.458 bits per heavy atom. The molecule has 0 aromatic carbocycles. The Hall–Kier alpha value is -2.28. The van der Waals surface area contributed by atoms with Gasteiger partial charge in [-0.1, -0.05) is 160 Å². The van der Waals surface area contributed by atoms with Gasteiger partial charge in [-0.05, 0) is 67.1 Å². The van der Waals surface area contributed by atoms with Crippen molar-refractivity contribution in [1.29, 1.82) is 0 Å². The summed E-state index contributed by atoms with van der Waals surface area (Å²) < 4.78 is 0. The van der Waals surface area contributed by atoms with Gasteiger partial charge in [-0.15, -0.1) is 0 Å². The third-order valence-corrected chi connectivity index (χ3v) is 11.6. The molecular formula is C47H98N4O8. The molecule has 0 aliphatic rings. The van der Waals surface area contributed by atoms with Crippen LogP contribution in [0.2, 0.25) is 0 Å². The van der Waals surface area contributed by atoms with Crippen LogP contribution in [0.25, 0.3) is 0 Å². The fraction of sp³-hybridized carbons (Fsp3) is 0.915. The van der Waals surface area contributed by atoms with E-state index in [4.69, 9.17) is 43.4 Å². The first-order valence-electron chi connectivity index (χ1n) is 23.3. The van der Waals surface area contributed by atoms with E-state index < -0.39 is 23.9 Å². The van der Waals surface area contributed by atoms with Crippen LogP contribution in [0.3, 0.4) is 0 Å². The van der Waals surface area contributed by atoms with Crippen LogP contribution in [-0.4, -0.2) is 70.5 Å². The second-order valence-electron chi connectivity index (χ2n) is 18.5. The maximum Gasteiger partial charge on any atom is 0.307 e. The first-order valence-corrected chi connectivity index (χ1v) is 23.3. The molecule has 0 saturated carbocycles. The summed E-state index contributed by atoms with van der Waals surface area (Å²) in [6, 6.07) is 0. The van der Waals surface area contributed by atoms with Crippen molar-refractivity contribution in [2.45, 2.75) is 192 Å². The van der Waals surface area contributed by atoms with Gasteiger partial charge in [0.25, 0.3) is 0 Å². The van der Waals surface area contributed by atoms with Gasteiger partial charge in [0.1, 0.15) is 0 Å². The van der Waals surface area contributed by atoms with E-state index >= 15 is 0 Å². The fourth-order valence-corrected chi connectivity index (χ4v) is 7.35. The molecule has 354 valence electrons. The first kappa shape index (κ1) is 63.4. The van der Waals surface area contributed by atoms with E-state index in [1.807, 2.05) is 0 Å². The normalized spacial score (nSPS) is 14.9. The van der Waals surface area contributed by atoms with Gasteiger partial charge in [-0.25, -0.2) is 0 Å². The van der Waals surface area contributed by atoms with Crippen molar-refractivity contribution in [3.05, 3.63) is 0 Å². The largest absolute Gasteiger partial charge is 0.481 e. The molecule has 7 atom stereocenters. The Balaban J connectivity index is -0.000000343. The number of carbonyl (C=O) groups is 4. The minimum Gasteiger partial charge on any atom is -0.481 e. The molecule has 12 heteroatoms. The Morgan fingerprint density at radius 2 is 0.797 bits per heavy atom. The quantitative estimate of drug-likeness (QED) is 0.0295. The van der Waals surface area contributed by atoms with Crippen molar-refractivity contribution in [2.24, 2.45) is 81.6 Å². The molecule has 0 amide bonds. The summed E-state index contributed by atoms with van der Waals surface area (Å²) in [5.74, 6) is -1.48. The Labute approximate surface area is 362 Å². The van der Waals surface area contributed by atoms with Crippen LogP contribution in [0.1, 0.15) is 192 Å². The molecule has 0 aromatic rings. The zero-order chi connectivity index (χ0) is 46.6. The third kappa shape index (κ3) is 38.4. The molecule has 0 rings (SSSR count). The van der Waals surface area contributed by atoms with Gasteiger partial charge < -0.3 is 43.4 Å². The molecule has 0 saturated heterocycles. The molecular weight excluding hydrogens is 749 g/mol. The summed E-state index contributed by atoms with van der Waals surface area (Å²) in [6.45, 7) is 24.7. The van der Waals surface area contributed by atoms with Gasteiger partial charge in [0.05, 0.1) is 23.7 Å². The zero-order valence-electron chi connectivity index (χ0n) is 40.0. The summed E-state index contributed by atoms with van der Waals surface area (Å²) in [5.41, 5.74) is 21.9. The van der Waals surface area contributed by atoms with Gasteiger partial charge in [0.2, 0.25) is 0 Å². The van der Waals surface area contributed by atoms with Gasteiger partial charge in [0.15, 0.2) is 0 Å². The SMILES string of the molecule is CCC(CCC(C)C)CC(CN)C(=O)O.CCC(CCCC(C)C)CC(CN)C(=O)O.CCCC(C)(C)CC(CN)C(=O)O.CCCCCC(CC)CC(CN)C(=O)O. The molecule has 7 unspecified atom stereocenters. The molecule has 0 aliphatic heterocycles. The van der Waals surface area contributed by atoms with E-state index in [2.05, 4.69) is 76.2 Å². The molecule has 0 heterocycles.